The number of hydrogen-bond donors (Lipinski definition) is 2. The van der Waals surface area contributed by atoms with Gasteiger partial charge in [-0.25, -0.2) is 15.0 Å². The first-order chi connectivity index (χ1) is 7.76. The van der Waals surface area contributed by atoms with Crippen molar-refractivity contribution in [1.82, 2.24) is 19.5 Å². The van der Waals surface area contributed by atoms with Crippen LogP contribution in [0, 0.1) is 0 Å². The lowest BCUT2D eigenvalue weighted by Crippen LogP contribution is -2.22. The smallest absolute Gasteiger partial charge is 0.165 e. The van der Waals surface area contributed by atoms with Crippen molar-refractivity contribution < 1.29 is 9.84 Å². The first kappa shape index (κ1) is 10.8. The van der Waals surface area contributed by atoms with Crippen molar-refractivity contribution in [3.63, 3.8) is 0 Å². The number of aromatic nitrogens is 4. The lowest BCUT2D eigenvalue weighted by Gasteiger charge is -2.12. The fraction of sp³-hybridized carbons (Fsp3) is 0.444. The molecular weight excluding hydrogens is 210 g/mol. The highest BCUT2D eigenvalue weighted by molar-refractivity contribution is 5.81. The summed E-state index contributed by atoms with van der Waals surface area (Å²) in [4.78, 5) is 12.1. The zero-order valence-corrected chi connectivity index (χ0v) is 8.87. The van der Waals surface area contributed by atoms with Crippen LogP contribution < -0.4 is 5.73 Å². The Kier molecular flexibility index (Phi) is 2.97. The van der Waals surface area contributed by atoms with Gasteiger partial charge in [-0.1, -0.05) is 0 Å². The standard InChI is InChI=1S/C9H13N5O2/c1-16-6(3-15)2-14-5-13-7-8(10)11-4-12-9(7)14/h4-6,15H,2-3H2,1H3,(H2,10,11,12). The van der Waals surface area contributed by atoms with Crippen LogP contribution in [0.25, 0.3) is 11.2 Å². The molecule has 0 saturated carbocycles. The van der Waals surface area contributed by atoms with Crippen molar-refractivity contribution in [2.45, 2.75) is 12.6 Å². The zero-order valence-electron chi connectivity index (χ0n) is 8.87. The van der Waals surface area contributed by atoms with Crippen LogP contribution in [0.15, 0.2) is 12.7 Å². The Labute approximate surface area is 91.9 Å². The normalized spacial score (nSPS) is 13.1. The number of methoxy groups -OCH3 is 1. The SMILES string of the molecule is COC(CO)Cn1cnc2c(N)ncnc21. The molecule has 2 aromatic rings. The van der Waals surface area contributed by atoms with Crippen molar-refractivity contribution in [1.29, 1.82) is 0 Å². The number of rotatable bonds is 4. The number of nitrogens with two attached hydrogens (primary N) is 1. The lowest BCUT2D eigenvalue weighted by atomic mass is 10.3. The summed E-state index contributed by atoms with van der Waals surface area (Å²) in [5.41, 5.74) is 6.86. The van der Waals surface area contributed by atoms with Crippen LogP contribution in [0.1, 0.15) is 0 Å². The van der Waals surface area contributed by atoms with E-state index in [4.69, 9.17) is 15.6 Å². The summed E-state index contributed by atoms with van der Waals surface area (Å²) in [5.74, 6) is 0.349. The van der Waals surface area contributed by atoms with E-state index in [-0.39, 0.29) is 12.7 Å². The third kappa shape index (κ3) is 1.82. The Balaban J connectivity index is 2.35. The van der Waals surface area contributed by atoms with Crippen LogP contribution in [0.5, 0.6) is 0 Å². The van der Waals surface area contributed by atoms with Crippen LogP contribution in [0.3, 0.4) is 0 Å². The van der Waals surface area contributed by atoms with Gasteiger partial charge in [-0.3, -0.25) is 0 Å². The molecule has 7 nitrogen and oxygen atoms in total. The molecule has 3 N–H and O–H groups in total. The average Bonchev–Trinajstić information content (AvgIpc) is 2.71. The maximum absolute atomic E-state index is 9.04. The van der Waals surface area contributed by atoms with Gasteiger partial charge in [-0.15, -0.1) is 0 Å². The van der Waals surface area contributed by atoms with Gasteiger partial charge in [0.2, 0.25) is 0 Å². The molecule has 0 spiro atoms. The van der Waals surface area contributed by atoms with E-state index >= 15 is 0 Å². The predicted octanol–water partition coefficient (Wildman–Crippen LogP) is -0.584. The van der Waals surface area contributed by atoms with Crippen LogP contribution in [0.2, 0.25) is 0 Å². The van der Waals surface area contributed by atoms with Gasteiger partial charge in [0, 0.05) is 7.11 Å². The number of nitrogens with zero attached hydrogens (tertiary/aromatic N) is 4. The number of aliphatic hydroxyl groups is 1. The third-order valence-corrected chi connectivity index (χ3v) is 2.37. The first-order valence-electron chi connectivity index (χ1n) is 4.81. The minimum absolute atomic E-state index is 0.0588. The number of anilines is 1. The van der Waals surface area contributed by atoms with E-state index in [1.54, 1.807) is 18.0 Å². The molecule has 2 rings (SSSR count). The summed E-state index contributed by atoms with van der Waals surface area (Å²) in [6.45, 7) is 0.413. The van der Waals surface area contributed by atoms with E-state index in [9.17, 15) is 0 Å². The molecule has 0 aromatic carbocycles. The highest BCUT2D eigenvalue weighted by Crippen LogP contribution is 2.14. The lowest BCUT2D eigenvalue weighted by molar-refractivity contribution is 0.0379. The molecule has 1 atom stereocenters. The molecule has 1 unspecified atom stereocenters. The van der Waals surface area contributed by atoms with Gasteiger partial charge in [0.05, 0.1) is 25.6 Å². The molecule has 0 bridgehead atoms. The van der Waals surface area contributed by atoms with Gasteiger partial charge in [-0.2, -0.15) is 0 Å². The second-order valence-corrected chi connectivity index (χ2v) is 3.37. The number of aliphatic hydroxyl groups excluding tert-OH is 1. The summed E-state index contributed by atoms with van der Waals surface area (Å²) in [6.07, 6.45) is 2.71. The molecule has 2 heterocycles. The van der Waals surface area contributed by atoms with E-state index in [0.29, 0.717) is 23.5 Å². The molecule has 0 saturated heterocycles. The molecular formula is C9H13N5O2. The van der Waals surface area contributed by atoms with Crippen molar-refractivity contribution in [2.75, 3.05) is 19.5 Å². The van der Waals surface area contributed by atoms with E-state index < -0.39 is 0 Å². The molecule has 0 aliphatic carbocycles. The highest BCUT2D eigenvalue weighted by Gasteiger charge is 2.12. The molecule has 86 valence electrons. The summed E-state index contributed by atoms with van der Waals surface area (Å²) in [5, 5.41) is 9.04. The average molecular weight is 223 g/mol. The highest BCUT2D eigenvalue weighted by atomic mass is 16.5. The molecule has 0 aliphatic rings. The number of ether oxygens (including phenoxy) is 1. The Morgan fingerprint density at radius 1 is 1.50 bits per heavy atom. The number of fused-ring (bicyclic) bond motifs is 1. The van der Waals surface area contributed by atoms with Gasteiger partial charge in [0.1, 0.15) is 11.8 Å². The van der Waals surface area contributed by atoms with Crippen LogP contribution >= 0.6 is 0 Å². The number of imidazole rings is 1. The van der Waals surface area contributed by atoms with Crippen LogP contribution in [-0.4, -0.2) is 44.4 Å². The molecule has 0 aliphatic heterocycles. The monoisotopic (exact) mass is 223 g/mol. The summed E-state index contributed by atoms with van der Waals surface area (Å²) >= 11 is 0. The Morgan fingerprint density at radius 2 is 2.31 bits per heavy atom. The zero-order chi connectivity index (χ0) is 11.5. The Hall–Kier alpha value is -1.73. The predicted molar refractivity (Wildman–Crippen MR) is 57.6 cm³/mol. The second kappa shape index (κ2) is 4.42. The van der Waals surface area contributed by atoms with E-state index in [1.165, 1.54) is 6.33 Å². The van der Waals surface area contributed by atoms with Crippen molar-refractivity contribution >= 4 is 17.0 Å². The number of nitrogen functional groups attached to an aromatic ring is 1. The minimum Gasteiger partial charge on any atom is -0.394 e. The number of hydrogen-bond acceptors (Lipinski definition) is 6. The third-order valence-electron chi connectivity index (χ3n) is 2.37. The largest absolute Gasteiger partial charge is 0.394 e. The second-order valence-electron chi connectivity index (χ2n) is 3.37. The van der Waals surface area contributed by atoms with E-state index in [1.807, 2.05) is 0 Å². The molecule has 0 amide bonds. The Bertz CT molecular complexity index is 480. The summed E-state index contributed by atoms with van der Waals surface area (Å²) in [6, 6.07) is 0. The minimum atomic E-state index is -0.284. The molecule has 0 fully saturated rings. The Morgan fingerprint density at radius 3 is 3.00 bits per heavy atom. The summed E-state index contributed by atoms with van der Waals surface area (Å²) in [7, 11) is 1.54. The van der Waals surface area contributed by atoms with Crippen LogP contribution in [0.4, 0.5) is 5.82 Å². The van der Waals surface area contributed by atoms with Crippen molar-refractivity contribution in [3.05, 3.63) is 12.7 Å². The van der Waals surface area contributed by atoms with Gasteiger partial charge in [0.25, 0.3) is 0 Å². The first-order valence-corrected chi connectivity index (χ1v) is 4.81. The quantitative estimate of drug-likeness (QED) is 0.719. The maximum atomic E-state index is 9.04. The fourth-order valence-corrected chi connectivity index (χ4v) is 1.46. The molecule has 7 heteroatoms. The maximum Gasteiger partial charge on any atom is 0.165 e. The van der Waals surface area contributed by atoms with Gasteiger partial charge in [0.15, 0.2) is 11.5 Å². The topological polar surface area (TPSA) is 99.1 Å². The van der Waals surface area contributed by atoms with E-state index in [0.717, 1.165) is 0 Å². The molecule has 0 radical (unpaired) electrons. The van der Waals surface area contributed by atoms with Crippen molar-refractivity contribution in [2.24, 2.45) is 0 Å². The van der Waals surface area contributed by atoms with Crippen LogP contribution in [-0.2, 0) is 11.3 Å². The fourth-order valence-electron chi connectivity index (χ4n) is 1.46. The van der Waals surface area contributed by atoms with E-state index in [2.05, 4.69) is 15.0 Å². The van der Waals surface area contributed by atoms with Gasteiger partial charge >= 0.3 is 0 Å². The van der Waals surface area contributed by atoms with Gasteiger partial charge < -0.3 is 20.1 Å². The summed E-state index contributed by atoms with van der Waals surface area (Å²) < 4.78 is 6.85. The van der Waals surface area contributed by atoms with Crippen molar-refractivity contribution in [3.8, 4) is 0 Å². The molecule has 16 heavy (non-hydrogen) atoms. The van der Waals surface area contributed by atoms with Gasteiger partial charge in [-0.05, 0) is 0 Å². The molecule has 2 aromatic heterocycles.